The fraction of sp³-hybridized carbons (Fsp3) is 0.0500. The van der Waals surface area contributed by atoms with Gasteiger partial charge >= 0.3 is 0 Å². The molecule has 0 unspecified atom stereocenters. The molecule has 0 bridgehead atoms. The summed E-state index contributed by atoms with van der Waals surface area (Å²) in [6.45, 7) is 0. The molecule has 3 aromatic carbocycles. The molecule has 0 radical (unpaired) electrons. The van der Waals surface area contributed by atoms with Crippen molar-refractivity contribution in [2.45, 2.75) is 5.16 Å². The van der Waals surface area contributed by atoms with Crippen molar-refractivity contribution in [2.75, 3.05) is 11.1 Å². The lowest BCUT2D eigenvalue weighted by Crippen LogP contribution is -2.14. The number of anilines is 1. The van der Waals surface area contributed by atoms with E-state index in [0.29, 0.717) is 11.0 Å². The summed E-state index contributed by atoms with van der Waals surface area (Å²) in [6.07, 6.45) is 0. The number of carbonyl (C=O) groups is 1. The summed E-state index contributed by atoms with van der Waals surface area (Å²) in [6, 6.07) is 21.7. The number of fused-ring (bicyclic) bond motifs is 1. The lowest BCUT2D eigenvalue weighted by molar-refractivity contribution is -0.113. The summed E-state index contributed by atoms with van der Waals surface area (Å²) in [5.74, 6) is 0.829. The van der Waals surface area contributed by atoms with E-state index in [1.54, 1.807) is 0 Å². The van der Waals surface area contributed by atoms with Gasteiger partial charge < -0.3 is 5.32 Å². The Labute approximate surface area is 168 Å². The van der Waals surface area contributed by atoms with Crippen molar-refractivity contribution in [3.63, 3.8) is 0 Å². The number of rotatable bonds is 5. The van der Waals surface area contributed by atoms with Gasteiger partial charge in [-0.25, -0.2) is 4.98 Å². The molecule has 0 aliphatic rings. The Bertz CT molecular complexity index is 1090. The maximum absolute atomic E-state index is 12.2. The molecular weight excluding hydrogens is 424 g/mol. The molecule has 2 N–H and O–H groups in total. The van der Waals surface area contributed by atoms with Crippen LogP contribution in [0.2, 0.25) is 0 Å². The van der Waals surface area contributed by atoms with E-state index in [1.165, 1.54) is 11.8 Å². The number of amides is 1. The Morgan fingerprint density at radius 3 is 2.63 bits per heavy atom. The first-order valence-corrected chi connectivity index (χ1v) is 10.0. The normalized spacial score (nSPS) is 10.9. The Hall–Kier alpha value is -2.64. The highest BCUT2D eigenvalue weighted by Gasteiger charge is 2.09. The second-order valence-electron chi connectivity index (χ2n) is 5.87. The van der Waals surface area contributed by atoms with Gasteiger partial charge in [0.2, 0.25) is 11.1 Å². The Morgan fingerprint density at radius 1 is 1.04 bits per heavy atom. The highest BCUT2D eigenvalue weighted by molar-refractivity contribution is 9.10. The molecule has 0 fully saturated rings. The molecule has 0 saturated heterocycles. The minimum absolute atomic E-state index is 0.0923. The summed E-state index contributed by atoms with van der Waals surface area (Å²) in [7, 11) is 0. The van der Waals surface area contributed by atoms with Crippen LogP contribution in [0.25, 0.3) is 22.2 Å². The standard InChI is InChI=1S/C20H15BrN4OS/c21-16-8-5-14(6-9-16)19-23-20(25-24-19)27-12-18(26)22-17-10-7-13-3-1-2-4-15(13)11-17/h1-11H,12H2,(H,22,26)(H,23,24,25). The first-order valence-electron chi connectivity index (χ1n) is 8.27. The molecule has 4 aromatic rings. The second kappa shape index (κ2) is 7.94. The number of thioether (sulfide) groups is 1. The monoisotopic (exact) mass is 438 g/mol. The zero-order chi connectivity index (χ0) is 18.6. The largest absolute Gasteiger partial charge is 0.325 e. The summed E-state index contributed by atoms with van der Waals surface area (Å²) in [5, 5.41) is 12.8. The minimum Gasteiger partial charge on any atom is -0.325 e. The number of H-pyrrole nitrogens is 1. The molecule has 4 rings (SSSR count). The van der Waals surface area contributed by atoms with Gasteiger partial charge in [0, 0.05) is 15.7 Å². The van der Waals surface area contributed by atoms with Gasteiger partial charge in [-0.15, -0.1) is 5.10 Å². The van der Waals surface area contributed by atoms with Crippen molar-refractivity contribution in [1.29, 1.82) is 0 Å². The fourth-order valence-corrected chi connectivity index (χ4v) is 3.50. The van der Waals surface area contributed by atoms with E-state index in [1.807, 2.05) is 66.7 Å². The number of aromatic nitrogens is 3. The van der Waals surface area contributed by atoms with Crippen molar-refractivity contribution in [3.05, 3.63) is 71.2 Å². The predicted molar refractivity (Wildman–Crippen MR) is 113 cm³/mol. The average molecular weight is 439 g/mol. The Morgan fingerprint density at radius 2 is 1.81 bits per heavy atom. The summed E-state index contributed by atoms with van der Waals surface area (Å²) in [4.78, 5) is 16.7. The SMILES string of the molecule is O=C(CSc1n[nH]c(-c2ccc(Br)cc2)n1)Nc1ccc2ccccc2c1. The second-order valence-corrected chi connectivity index (χ2v) is 7.73. The van der Waals surface area contributed by atoms with Gasteiger partial charge in [0.05, 0.1) is 5.75 Å². The number of hydrogen-bond donors (Lipinski definition) is 2. The quantitative estimate of drug-likeness (QED) is 0.424. The molecule has 1 aromatic heterocycles. The highest BCUT2D eigenvalue weighted by atomic mass is 79.9. The van der Waals surface area contributed by atoms with E-state index in [4.69, 9.17) is 0 Å². The Balaban J connectivity index is 1.37. The van der Waals surface area contributed by atoms with Crippen molar-refractivity contribution in [2.24, 2.45) is 0 Å². The van der Waals surface area contributed by atoms with Crippen LogP contribution >= 0.6 is 27.7 Å². The molecule has 5 nitrogen and oxygen atoms in total. The van der Waals surface area contributed by atoms with Gasteiger partial charge in [0.25, 0.3) is 0 Å². The molecular formula is C20H15BrN4OS. The van der Waals surface area contributed by atoms with E-state index in [9.17, 15) is 4.79 Å². The van der Waals surface area contributed by atoms with Crippen LogP contribution in [-0.2, 0) is 4.79 Å². The Kier molecular flexibility index (Phi) is 5.22. The molecule has 27 heavy (non-hydrogen) atoms. The minimum atomic E-state index is -0.0923. The summed E-state index contributed by atoms with van der Waals surface area (Å²) in [5.41, 5.74) is 1.73. The molecule has 0 aliphatic carbocycles. The number of benzene rings is 3. The summed E-state index contributed by atoms with van der Waals surface area (Å²) < 4.78 is 1.01. The first kappa shape index (κ1) is 17.8. The third kappa shape index (κ3) is 4.37. The van der Waals surface area contributed by atoms with Crippen molar-refractivity contribution < 1.29 is 4.79 Å². The third-order valence-corrected chi connectivity index (χ3v) is 5.32. The smallest absolute Gasteiger partial charge is 0.234 e. The van der Waals surface area contributed by atoms with Crippen LogP contribution in [0.1, 0.15) is 0 Å². The van der Waals surface area contributed by atoms with E-state index in [2.05, 4.69) is 36.4 Å². The van der Waals surface area contributed by atoms with Gasteiger partial charge in [0.15, 0.2) is 5.82 Å². The number of nitrogens with one attached hydrogen (secondary N) is 2. The van der Waals surface area contributed by atoms with Crippen LogP contribution < -0.4 is 5.32 Å². The van der Waals surface area contributed by atoms with E-state index < -0.39 is 0 Å². The van der Waals surface area contributed by atoms with Crippen LogP contribution in [0.5, 0.6) is 0 Å². The highest BCUT2D eigenvalue weighted by Crippen LogP contribution is 2.22. The zero-order valence-corrected chi connectivity index (χ0v) is 16.5. The number of hydrogen-bond acceptors (Lipinski definition) is 4. The van der Waals surface area contributed by atoms with Gasteiger partial charge in [0.1, 0.15) is 0 Å². The van der Waals surface area contributed by atoms with Crippen molar-refractivity contribution in [3.8, 4) is 11.4 Å². The average Bonchev–Trinajstić information content (AvgIpc) is 3.16. The van der Waals surface area contributed by atoms with Gasteiger partial charge in [-0.2, -0.15) is 0 Å². The van der Waals surface area contributed by atoms with Crippen LogP contribution in [0.4, 0.5) is 5.69 Å². The fourth-order valence-electron chi connectivity index (χ4n) is 2.64. The van der Waals surface area contributed by atoms with Crippen molar-refractivity contribution in [1.82, 2.24) is 15.2 Å². The predicted octanol–water partition coefficient (Wildman–Crippen LogP) is 5.12. The number of halogens is 1. The van der Waals surface area contributed by atoms with Crippen LogP contribution in [0.3, 0.4) is 0 Å². The van der Waals surface area contributed by atoms with E-state index >= 15 is 0 Å². The molecule has 0 atom stereocenters. The molecule has 7 heteroatoms. The number of carbonyl (C=O) groups excluding carboxylic acids is 1. The van der Waals surface area contributed by atoms with Crippen LogP contribution in [0, 0.1) is 0 Å². The van der Waals surface area contributed by atoms with Crippen LogP contribution in [-0.4, -0.2) is 26.8 Å². The lowest BCUT2D eigenvalue weighted by atomic mass is 10.1. The molecule has 0 spiro atoms. The first-order chi connectivity index (χ1) is 13.2. The van der Waals surface area contributed by atoms with Gasteiger partial charge in [-0.3, -0.25) is 9.89 Å². The summed E-state index contributed by atoms with van der Waals surface area (Å²) >= 11 is 4.70. The molecule has 134 valence electrons. The van der Waals surface area contributed by atoms with Crippen molar-refractivity contribution >= 4 is 50.1 Å². The topological polar surface area (TPSA) is 70.7 Å². The third-order valence-electron chi connectivity index (χ3n) is 3.95. The lowest BCUT2D eigenvalue weighted by Gasteiger charge is -2.05. The number of aromatic amines is 1. The maximum atomic E-state index is 12.2. The van der Waals surface area contributed by atoms with Gasteiger partial charge in [-0.1, -0.05) is 70.2 Å². The molecule has 0 saturated carbocycles. The van der Waals surface area contributed by atoms with Crippen LogP contribution in [0.15, 0.2) is 76.4 Å². The maximum Gasteiger partial charge on any atom is 0.234 e. The molecule has 0 aliphatic heterocycles. The van der Waals surface area contributed by atoms with E-state index in [0.717, 1.165) is 26.5 Å². The van der Waals surface area contributed by atoms with E-state index in [-0.39, 0.29) is 11.7 Å². The number of nitrogens with zero attached hydrogens (tertiary/aromatic N) is 2. The zero-order valence-electron chi connectivity index (χ0n) is 14.1. The molecule has 1 amide bonds. The molecule has 1 heterocycles. The van der Waals surface area contributed by atoms with Gasteiger partial charge in [-0.05, 0) is 35.0 Å².